The summed E-state index contributed by atoms with van der Waals surface area (Å²) in [5.41, 5.74) is 0.650. The highest BCUT2D eigenvalue weighted by molar-refractivity contribution is 5.95. The predicted molar refractivity (Wildman–Crippen MR) is 93.4 cm³/mol. The van der Waals surface area contributed by atoms with Gasteiger partial charge in [-0.25, -0.2) is 0 Å². The number of anilines is 1. The Morgan fingerprint density at radius 2 is 1.64 bits per heavy atom. The molecule has 1 fully saturated rings. The van der Waals surface area contributed by atoms with E-state index in [1.54, 1.807) is 0 Å². The van der Waals surface area contributed by atoms with E-state index in [4.69, 9.17) is 4.74 Å². The minimum atomic E-state index is -0.198. The molecule has 1 saturated carbocycles. The lowest BCUT2D eigenvalue weighted by Gasteiger charge is -2.32. The van der Waals surface area contributed by atoms with Crippen LogP contribution in [0, 0.1) is 5.41 Å². The quantitative estimate of drug-likeness (QED) is 0.807. The molecule has 0 heterocycles. The van der Waals surface area contributed by atoms with Crippen LogP contribution < -0.4 is 10.1 Å². The van der Waals surface area contributed by atoms with E-state index in [0.29, 0.717) is 6.61 Å². The van der Waals surface area contributed by atoms with Crippen molar-refractivity contribution in [2.45, 2.75) is 66.2 Å². The zero-order valence-corrected chi connectivity index (χ0v) is 14.6. The molecule has 3 nitrogen and oxygen atoms in total. The summed E-state index contributed by atoms with van der Waals surface area (Å²) in [4.78, 5) is 12.4. The van der Waals surface area contributed by atoms with Crippen molar-refractivity contribution in [1.29, 1.82) is 0 Å². The summed E-state index contributed by atoms with van der Waals surface area (Å²) in [5.74, 6) is 0.987. The monoisotopic (exact) mass is 305 g/mol. The fourth-order valence-corrected chi connectivity index (χ4v) is 2.64. The van der Waals surface area contributed by atoms with Gasteiger partial charge in [0, 0.05) is 11.1 Å². The third kappa shape index (κ3) is 5.70. The molecule has 1 N–H and O–H groups in total. The van der Waals surface area contributed by atoms with E-state index in [9.17, 15) is 4.79 Å². The molecular formula is C19H31NO2. The zero-order valence-electron chi connectivity index (χ0n) is 14.6. The summed E-state index contributed by atoms with van der Waals surface area (Å²) in [6, 6.07) is 7.58. The third-order valence-electron chi connectivity index (χ3n) is 3.93. The third-order valence-corrected chi connectivity index (χ3v) is 3.93. The number of benzene rings is 1. The van der Waals surface area contributed by atoms with Crippen molar-refractivity contribution in [2.75, 3.05) is 11.9 Å². The highest BCUT2D eigenvalue weighted by Gasteiger charge is 2.34. The van der Waals surface area contributed by atoms with Gasteiger partial charge in [0.15, 0.2) is 0 Å². The molecular weight excluding hydrogens is 274 g/mol. The number of hydrogen-bond donors (Lipinski definition) is 1. The number of rotatable bonds is 4. The number of amides is 1. The Kier molecular flexibility index (Phi) is 8.00. The summed E-state index contributed by atoms with van der Waals surface area (Å²) >= 11 is 0. The van der Waals surface area contributed by atoms with Crippen molar-refractivity contribution in [2.24, 2.45) is 5.41 Å². The highest BCUT2D eigenvalue weighted by atomic mass is 16.5. The number of carbonyl (C=O) groups excluding carboxylic acids is 1. The van der Waals surface area contributed by atoms with E-state index in [1.165, 1.54) is 12.8 Å². The fraction of sp³-hybridized carbons (Fsp3) is 0.632. The van der Waals surface area contributed by atoms with Crippen molar-refractivity contribution in [3.63, 3.8) is 0 Å². The van der Waals surface area contributed by atoms with Crippen LogP contribution in [0.4, 0.5) is 5.69 Å². The molecule has 2 rings (SSSR count). The van der Waals surface area contributed by atoms with E-state index in [-0.39, 0.29) is 11.3 Å². The highest BCUT2D eigenvalue weighted by Crippen LogP contribution is 2.36. The van der Waals surface area contributed by atoms with Gasteiger partial charge < -0.3 is 10.1 Å². The first-order valence-corrected chi connectivity index (χ1v) is 8.60. The van der Waals surface area contributed by atoms with E-state index in [1.807, 2.05) is 31.2 Å². The van der Waals surface area contributed by atoms with Crippen molar-refractivity contribution in [3.05, 3.63) is 24.3 Å². The molecule has 0 aromatic heterocycles. The van der Waals surface area contributed by atoms with Gasteiger partial charge in [-0.2, -0.15) is 0 Å². The molecule has 1 aliphatic carbocycles. The average molecular weight is 305 g/mol. The Bertz CT molecular complexity index is 433. The van der Waals surface area contributed by atoms with E-state index in [0.717, 1.165) is 37.1 Å². The van der Waals surface area contributed by atoms with Gasteiger partial charge in [0.25, 0.3) is 0 Å². The van der Waals surface area contributed by atoms with E-state index < -0.39 is 0 Å². The summed E-state index contributed by atoms with van der Waals surface area (Å²) in [6.07, 6.45) is 6.82. The van der Waals surface area contributed by atoms with Gasteiger partial charge in [-0.15, -0.1) is 0 Å². The first kappa shape index (κ1) is 18.5. The molecule has 0 saturated heterocycles. The normalized spacial score (nSPS) is 16.2. The zero-order chi connectivity index (χ0) is 16.4. The van der Waals surface area contributed by atoms with Crippen LogP contribution in [0.1, 0.15) is 66.2 Å². The summed E-state index contributed by atoms with van der Waals surface area (Å²) in [7, 11) is 0. The Hall–Kier alpha value is -1.51. The van der Waals surface area contributed by atoms with Gasteiger partial charge in [0.2, 0.25) is 5.91 Å². The second kappa shape index (κ2) is 9.50. The van der Waals surface area contributed by atoms with Gasteiger partial charge in [0.05, 0.1) is 6.61 Å². The molecule has 0 aliphatic heterocycles. The molecule has 124 valence electrons. The number of hydrogen-bond acceptors (Lipinski definition) is 2. The molecule has 0 radical (unpaired) electrons. The molecule has 0 unspecified atom stereocenters. The van der Waals surface area contributed by atoms with Crippen molar-refractivity contribution < 1.29 is 9.53 Å². The molecule has 0 spiro atoms. The Labute approximate surface area is 135 Å². The van der Waals surface area contributed by atoms with Crippen LogP contribution in [0.25, 0.3) is 0 Å². The Morgan fingerprint density at radius 1 is 1.09 bits per heavy atom. The number of carbonyl (C=O) groups is 1. The number of ether oxygens (including phenoxy) is 1. The molecule has 22 heavy (non-hydrogen) atoms. The van der Waals surface area contributed by atoms with Crippen molar-refractivity contribution in [3.8, 4) is 5.75 Å². The molecule has 1 amide bonds. The summed E-state index contributed by atoms with van der Waals surface area (Å²) in [5, 5.41) is 3.03. The molecule has 1 aromatic carbocycles. The molecule has 1 aromatic rings. The number of nitrogens with one attached hydrogen (secondary N) is 1. The van der Waals surface area contributed by atoms with Crippen LogP contribution in [0.5, 0.6) is 5.75 Å². The van der Waals surface area contributed by atoms with Gasteiger partial charge in [-0.3, -0.25) is 4.79 Å². The van der Waals surface area contributed by atoms with Crippen LogP contribution >= 0.6 is 0 Å². The molecule has 1 aliphatic rings. The predicted octanol–water partition coefficient (Wildman–Crippen LogP) is 5.41. The van der Waals surface area contributed by atoms with Crippen LogP contribution in [0.3, 0.4) is 0 Å². The second-order valence-corrected chi connectivity index (χ2v) is 6.24. The minimum Gasteiger partial charge on any atom is -0.494 e. The van der Waals surface area contributed by atoms with E-state index in [2.05, 4.69) is 26.1 Å². The van der Waals surface area contributed by atoms with Gasteiger partial charge in [-0.1, -0.05) is 46.5 Å². The van der Waals surface area contributed by atoms with Crippen LogP contribution in [-0.4, -0.2) is 12.5 Å². The fourth-order valence-electron chi connectivity index (χ4n) is 2.64. The van der Waals surface area contributed by atoms with Crippen LogP contribution in [-0.2, 0) is 4.79 Å². The SMILES string of the molecule is CCC.CCOc1ccc(NC(=O)C2(C)CCCCC2)cc1. The molecule has 0 bridgehead atoms. The van der Waals surface area contributed by atoms with Gasteiger partial charge >= 0.3 is 0 Å². The smallest absolute Gasteiger partial charge is 0.230 e. The van der Waals surface area contributed by atoms with Crippen LogP contribution in [0.2, 0.25) is 0 Å². The van der Waals surface area contributed by atoms with Gasteiger partial charge in [0.1, 0.15) is 5.75 Å². The first-order valence-electron chi connectivity index (χ1n) is 8.60. The Balaban J connectivity index is 0.000000745. The second-order valence-electron chi connectivity index (χ2n) is 6.24. The maximum Gasteiger partial charge on any atom is 0.230 e. The lowest BCUT2D eigenvalue weighted by molar-refractivity contribution is -0.126. The first-order chi connectivity index (χ1) is 10.6. The standard InChI is InChI=1S/C16H23NO2.C3H8/c1-3-19-14-9-7-13(8-10-14)17-15(18)16(2)11-5-4-6-12-16;1-3-2/h7-10H,3-6,11-12H2,1-2H3,(H,17,18);3H2,1-2H3. The molecule has 3 heteroatoms. The minimum absolute atomic E-state index is 0.149. The summed E-state index contributed by atoms with van der Waals surface area (Å²) in [6.45, 7) is 8.94. The molecule has 0 atom stereocenters. The van der Waals surface area contributed by atoms with Crippen molar-refractivity contribution >= 4 is 11.6 Å². The van der Waals surface area contributed by atoms with E-state index >= 15 is 0 Å². The average Bonchev–Trinajstić information content (AvgIpc) is 2.51. The maximum atomic E-state index is 12.4. The largest absolute Gasteiger partial charge is 0.494 e. The van der Waals surface area contributed by atoms with Crippen molar-refractivity contribution in [1.82, 2.24) is 0 Å². The lowest BCUT2D eigenvalue weighted by atomic mass is 9.75. The topological polar surface area (TPSA) is 38.3 Å². The van der Waals surface area contributed by atoms with Crippen LogP contribution in [0.15, 0.2) is 24.3 Å². The van der Waals surface area contributed by atoms with Gasteiger partial charge in [-0.05, 0) is 44.0 Å². The Morgan fingerprint density at radius 3 is 2.14 bits per heavy atom. The maximum absolute atomic E-state index is 12.4. The lowest BCUT2D eigenvalue weighted by Crippen LogP contribution is -2.35. The summed E-state index contributed by atoms with van der Waals surface area (Å²) < 4.78 is 5.39.